The molecule has 0 aliphatic carbocycles. The molecule has 0 fully saturated rings. The van der Waals surface area contributed by atoms with Crippen molar-refractivity contribution in [2.75, 3.05) is 6.61 Å². The molecule has 0 heterocycles. The van der Waals surface area contributed by atoms with Crippen LogP contribution in [0.4, 0.5) is 0 Å². The Morgan fingerprint density at radius 2 is 2.09 bits per heavy atom. The Morgan fingerprint density at radius 3 is 2.45 bits per heavy atom. The van der Waals surface area contributed by atoms with E-state index in [-0.39, 0.29) is 17.8 Å². The topological polar surface area (TPSA) is 26.3 Å². The van der Waals surface area contributed by atoms with Gasteiger partial charge in [0, 0.05) is 0 Å². The maximum atomic E-state index is 10.7. The van der Waals surface area contributed by atoms with Crippen LogP contribution in [0.3, 0.4) is 0 Å². The van der Waals surface area contributed by atoms with E-state index in [0.717, 1.165) is 0 Å². The third-order valence-electron chi connectivity index (χ3n) is 0.913. The van der Waals surface area contributed by atoms with Gasteiger partial charge >= 0.3 is 5.97 Å². The Balaban J connectivity index is 3.57. The molecule has 0 saturated heterocycles. The highest BCUT2D eigenvalue weighted by atomic mass is 16.5. The van der Waals surface area contributed by atoms with Gasteiger partial charge in [-0.1, -0.05) is 26.7 Å². The Morgan fingerprint density at radius 1 is 1.55 bits per heavy atom. The number of carbonyl (C=O) groups is 1. The molecule has 0 aliphatic heterocycles. The van der Waals surface area contributed by atoms with Crippen LogP contribution in [0.25, 0.3) is 0 Å². The predicted molar refractivity (Wildman–Crippen MR) is 43.9 cm³/mol. The number of rotatable bonds is 2. The fourth-order valence-electron chi connectivity index (χ4n) is 0.431. The highest BCUT2D eigenvalue weighted by Gasteiger charge is 2.12. The first-order valence-corrected chi connectivity index (χ1v) is 3.55. The molecule has 0 aromatic heterocycles. The quantitative estimate of drug-likeness (QED) is 0.446. The van der Waals surface area contributed by atoms with Crippen LogP contribution in [0.15, 0.2) is 0 Å². The summed E-state index contributed by atoms with van der Waals surface area (Å²) < 4.78 is 4.87. The third kappa shape index (κ3) is 6.92. The van der Waals surface area contributed by atoms with Crippen LogP contribution in [0.5, 0.6) is 0 Å². The Hall–Kier alpha value is -0.970. The van der Waals surface area contributed by atoms with E-state index in [1.54, 1.807) is 0 Å². The first-order chi connectivity index (χ1) is 4.95. The molecule has 0 amide bonds. The van der Waals surface area contributed by atoms with Gasteiger partial charge in [0.1, 0.15) is 6.42 Å². The van der Waals surface area contributed by atoms with E-state index in [0.29, 0.717) is 6.61 Å². The molecule has 0 rings (SSSR count). The smallest absolute Gasteiger partial charge is 0.317 e. The van der Waals surface area contributed by atoms with Crippen molar-refractivity contribution in [1.29, 1.82) is 0 Å². The molecule has 2 heteroatoms. The number of esters is 1. The fourth-order valence-corrected chi connectivity index (χ4v) is 0.431. The van der Waals surface area contributed by atoms with Crippen LogP contribution in [0.1, 0.15) is 27.2 Å². The van der Waals surface area contributed by atoms with Crippen molar-refractivity contribution >= 4 is 5.97 Å². The van der Waals surface area contributed by atoms with Gasteiger partial charge in [-0.25, -0.2) is 0 Å². The van der Waals surface area contributed by atoms with Gasteiger partial charge in [-0.05, 0) is 5.41 Å². The highest BCUT2D eigenvalue weighted by molar-refractivity contribution is 5.72. The lowest BCUT2D eigenvalue weighted by Crippen LogP contribution is -2.17. The van der Waals surface area contributed by atoms with E-state index in [2.05, 4.69) is 5.92 Å². The maximum absolute atomic E-state index is 10.7. The molecule has 11 heavy (non-hydrogen) atoms. The van der Waals surface area contributed by atoms with Crippen LogP contribution >= 0.6 is 0 Å². The van der Waals surface area contributed by atoms with E-state index in [1.807, 2.05) is 20.8 Å². The summed E-state index contributed by atoms with van der Waals surface area (Å²) in [6, 6.07) is 0. The van der Waals surface area contributed by atoms with Gasteiger partial charge in [-0.2, -0.15) is 0 Å². The fraction of sp³-hybridized carbons (Fsp3) is 0.667. The Bertz CT molecular complexity index is 169. The average molecular weight is 154 g/mol. The van der Waals surface area contributed by atoms with Crippen LogP contribution in [-0.4, -0.2) is 12.6 Å². The lowest BCUT2D eigenvalue weighted by Gasteiger charge is -2.17. The minimum atomic E-state index is -0.317. The summed E-state index contributed by atoms with van der Waals surface area (Å²) in [5.74, 6) is 1.91. The predicted octanol–water partition coefficient (Wildman–Crippen LogP) is 1.60. The molecule has 0 aliphatic rings. The Kier molecular flexibility index (Phi) is 3.67. The SMILES string of the molecule is C#CCC(=O)OCC(C)(C)C. The maximum Gasteiger partial charge on any atom is 0.317 e. The first kappa shape index (κ1) is 10.0. The molecule has 0 radical (unpaired) electrons. The molecule has 0 spiro atoms. The molecule has 2 nitrogen and oxygen atoms in total. The van der Waals surface area contributed by atoms with Gasteiger partial charge in [0.25, 0.3) is 0 Å². The Labute approximate surface area is 67.9 Å². The minimum Gasteiger partial charge on any atom is -0.464 e. The standard InChI is InChI=1S/C9H14O2/c1-5-6-8(10)11-7-9(2,3)4/h1H,6-7H2,2-4H3. The van der Waals surface area contributed by atoms with Gasteiger partial charge in [0.05, 0.1) is 6.61 Å². The number of hydrogen-bond donors (Lipinski definition) is 0. The summed E-state index contributed by atoms with van der Waals surface area (Å²) in [6.07, 6.45) is 4.98. The first-order valence-electron chi connectivity index (χ1n) is 3.55. The van der Waals surface area contributed by atoms with Crippen molar-refractivity contribution in [2.24, 2.45) is 5.41 Å². The summed E-state index contributed by atoms with van der Waals surface area (Å²) in [7, 11) is 0. The van der Waals surface area contributed by atoms with Crippen molar-refractivity contribution in [3.63, 3.8) is 0 Å². The molecule has 62 valence electrons. The second-order valence-electron chi connectivity index (χ2n) is 3.60. The number of terminal acetylenes is 1. The van der Waals surface area contributed by atoms with E-state index < -0.39 is 0 Å². The summed E-state index contributed by atoms with van der Waals surface area (Å²) in [4.78, 5) is 10.7. The van der Waals surface area contributed by atoms with Gasteiger partial charge in [-0.3, -0.25) is 4.79 Å². The summed E-state index contributed by atoms with van der Waals surface area (Å²) in [5, 5.41) is 0. The monoisotopic (exact) mass is 154 g/mol. The molecular weight excluding hydrogens is 140 g/mol. The summed E-state index contributed by atoms with van der Waals surface area (Å²) in [5.41, 5.74) is 0.0181. The van der Waals surface area contributed by atoms with Crippen molar-refractivity contribution < 1.29 is 9.53 Å². The van der Waals surface area contributed by atoms with Gasteiger partial charge in [-0.15, -0.1) is 6.42 Å². The van der Waals surface area contributed by atoms with Gasteiger partial charge in [0.15, 0.2) is 0 Å². The zero-order valence-electron chi connectivity index (χ0n) is 7.31. The zero-order chi connectivity index (χ0) is 8.91. The number of ether oxygens (including phenoxy) is 1. The number of hydrogen-bond acceptors (Lipinski definition) is 2. The second kappa shape index (κ2) is 4.02. The van der Waals surface area contributed by atoms with E-state index >= 15 is 0 Å². The largest absolute Gasteiger partial charge is 0.464 e. The third-order valence-corrected chi connectivity index (χ3v) is 0.913. The van der Waals surface area contributed by atoms with E-state index in [1.165, 1.54) is 0 Å². The summed E-state index contributed by atoms with van der Waals surface area (Å²) in [6.45, 7) is 6.41. The molecule has 0 unspecified atom stereocenters. The average Bonchev–Trinajstić information content (AvgIpc) is 1.83. The van der Waals surface area contributed by atoms with Crippen molar-refractivity contribution in [2.45, 2.75) is 27.2 Å². The van der Waals surface area contributed by atoms with Crippen LogP contribution in [0, 0.1) is 17.8 Å². The minimum absolute atomic E-state index is 0.0181. The van der Waals surface area contributed by atoms with E-state index in [4.69, 9.17) is 11.2 Å². The second-order valence-corrected chi connectivity index (χ2v) is 3.60. The normalized spacial score (nSPS) is 10.4. The zero-order valence-corrected chi connectivity index (χ0v) is 7.31. The molecule has 0 atom stereocenters. The molecular formula is C9H14O2. The highest BCUT2D eigenvalue weighted by Crippen LogP contribution is 2.12. The van der Waals surface area contributed by atoms with E-state index in [9.17, 15) is 4.79 Å². The molecule has 0 aromatic carbocycles. The lowest BCUT2D eigenvalue weighted by atomic mass is 9.99. The summed E-state index contributed by atoms with van der Waals surface area (Å²) >= 11 is 0. The van der Waals surface area contributed by atoms with Crippen molar-refractivity contribution in [3.05, 3.63) is 0 Å². The van der Waals surface area contributed by atoms with Crippen molar-refractivity contribution in [1.82, 2.24) is 0 Å². The number of carbonyl (C=O) groups excluding carboxylic acids is 1. The van der Waals surface area contributed by atoms with Gasteiger partial charge in [0.2, 0.25) is 0 Å². The molecule has 0 aromatic rings. The lowest BCUT2D eigenvalue weighted by molar-refractivity contribution is -0.145. The van der Waals surface area contributed by atoms with Gasteiger partial charge < -0.3 is 4.74 Å². The molecule has 0 saturated carbocycles. The van der Waals surface area contributed by atoms with Crippen molar-refractivity contribution in [3.8, 4) is 12.3 Å². The van der Waals surface area contributed by atoms with Crippen LogP contribution < -0.4 is 0 Å². The molecule has 0 N–H and O–H groups in total. The molecule has 0 bridgehead atoms. The van der Waals surface area contributed by atoms with Crippen LogP contribution in [-0.2, 0) is 9.53 Å². The van der Waals surface area contributed by atoms with Crippen LogP contribution in [0.2, 0.25) is 0 Å².